The predicted octanol–water partition coefficient (Wildman–Crippen LogP) is 4.68. The average molecular weight is 316 g/mol. The minimum absolute atomic E-state index is 0.816. The topological polar surface area (TPSA) is 36.4 Å². The van der Waals surface area contributed by atoms with Crippen molar-refractivity contribution in [2.75, 3.05) is 4.90 Å². The molecular weight excluding hydrogens is 296 g/mol. The molecule has 0 unspecified atom stereocenters. The Balaban J connectivity index is 2.00. The minimum atomic E-state index is -0.967. The number of anilines is 3. The van der Waals surface area contributed by atoms with E-state index in [1.54, 1.807) is 26.2 Å². The molecule has 0 saturated heterocycles. The number of hydrogen-bond donors (Lipinski definition) is 1. The Bertz CT molecular complexity index is 851. The van der Waals surface area contributed by atoms with Crippen LogP contribution >= 0.6 is 0 Å². The van der Waals surface area contributed by atoms with Crippen molar-refractivity contribution in [3.63, 3.8) is 0 Å². The maximum Gasteiger partial charge on any atom is 0.0875 e. The minimum Gasteiger partial charge on any atom is -0.386 e. The van der Waals surface area contributed by atoms with Gasteiger partial charge in [-0.3, -0.25) is 4.98 Å². The molecule has 2 heterocycles. The van der Waals surface area contributed by atoms with Crippen LogP contribution in [0.4, 0.5) is 17.1 Å². The highest BCUT2D eigenvalue weighted by Crippen LogP contribution is 2.45. The van der Waals surface area contributed by atoms with Gasteiger partial charge in [-0.15, -0.1) is 0 Å². The Kier molecular flexibility index (Phi) is 3.39. The molecule has 0 atom stereocenters. The molecule has 120 valence electrons. The Labute approximate surface area is 142 Å². The van der Waals surface area contributed by atoms with Gasteiger partial charge in [-0.05, 0) is 43.2 Å². The molecule has 0 fully saturated rings. The number of aromatic nitrogens is 1. The second-order valence-corrected chi connectivity index (χ2v) is 6.72. The van der Waals surface area contributed by atoms with Crippen LogP contribution in [0.1, 0.15) is 30.5 Å². The molecule has 1 aliphatic heterocycles. The van der Waals surface area contributed by atoms with Crippen LogP contribution in [-0.4, -0.2) is 10.1 Å². The van der Waals surface area contributed by atoms with Gasteiger partial charge in [-0.2, -0.15) is 0 Å². The van der Waals surface area contributed by atoms with Crippen molar-refractivity contribution in [2.24, 2.45) is 0 Å². The van der Waals surface area contributed by atoms with Gasteiger partial charge in [0, 0.05) is 35.8 Å². The maximum atomic E-state index is 10.6. The third-order valence-electron chi connectivity index (χ3n) is 4.54. The summed E-state index contributed by atoms with van der Waals surface area (Å²) in [5.74, 6) is 0. The van der Waals surface area contributed by atoms with E-state index in [0.717, 1.165) is 29.0 Å². The Morgan fingerprint density at radius 3 is 2.04 bits per heavy atom. The van der Waals surface area contributed by atoms with E-state index >= 15 is 0 Å². The molecule has 24 heavy (non-hydrogen) atoms. The predicted molar refractivity (Wildman–Crippen MR) is 97.0 cm³/mol. The van der Waals surface area contributed by atoms with E-state index < -0.39 is 5.60 Å². The summed E-state index contributed by atoms with van der Waals surface area (Å²) in [6, 6.07) is 18.9. The zero-order chi connectivity index (χ0) is 16.7. The number of hydrogen-bond acceptors (Lipinski definition) is 3. The number of para-hydroxylation sites is 2. The van der Waals surface area contributed by atoms with Gasteiger partial charge >= 0.3 is 0 Å². The van der Waals surface area contributed by atoms with E-state index in [2.05, 4.69) is 58.4 Å². The third kappa shape index (κ3) is 2.38. The molecular formula is C21H20N2O. The SMILES string of the molecule is CC(C)(O)c1cnccc1N1c2ccccc2Cc2ccccc21. The lowest BCUT2D eigenvalue weighted by atomic mass is 9.92. The van der Waals surface area contributed by atoms with Crippen molar-refractivity contribution in [2.45, 2.75) is 25.9 Å². The molecule has 0 spiro atoms. The van der Waals surface area contributed by atoms with E-state index in [-0.39, 0.29) is 0 Å². The van der Waals surface area contributed by atoms with Crippen LogP contribution in [0, 0.1) is 0 Å². The van der Waals surface area contributed by atoms with Crippen molar-refractivity contribution in [1.29, 1.82) is 0 Å². The first-order chi connectivity index (χ1) is 11.6. The van der Waals surface area contributed by atoms with Gasteiger partial charge in [-0.25, -0.2) is 0 Å². The number of rotatable bonds is 2. The first kappa shape index (κ1) is 14.9. The number of nitrogens with zero attached hydrogens (tertiary/aromatic N) is 2. The summed E-state index contributed by atoms with van der Waals surface area (Å²) in [6.07, 6.45) is 4.46. The van der Waals surface area contributed by atoms with E-state index in [1.165, 1.54) is 11.1 Å². The van der Waals surface area contributed by atoms with Crippen LogP contribution in [0.2, 0.25) is 0 Å². The van der Waals surface area contributed by atoms with Gasteiger partial charge < -0.3 is 10.0 Å². The van der Waals surface area contributed by atoms with Gasteiger partial charge in [0.15, 0.2) is 0 Å². The first-order valence-corrected chi connectivity index (χ1v) is 8.18. The van der Waals surface area contributed by atoms with Crippen molar-refractivity contribution in [3.8, 4) is 0 Å². The largest absolute Gasteiger partial charge is 0.386 e. The average Bonchev–Trinajstić information content (AvgIpc) is 2.59. The maximum absolute atomic E-state index is 10.6. The molecule has 1 N–H and O–H groups in total. The van der Waals surface area contributed by atoms with Crippen molar-refractivity contribution < 1.29 is 5.11 Å². The van der Waals surface area contributed by atoms with Crippen molar-refractivity contribution >= 4 is 17.1 Å². The summed E-state index contributed by atoms with van der Waals surface area (Å²) >= 11 is 0. The number of fused-ring (bicyclic) bond motifs is 2. The highest BCUT2D eigenvalue weighted by atomic mass is 16.3. The number of benzene rings is 2. The van der Waals surface area contributed by atoms with Gasteiger partial charge in [0.2, 0.25) is 0 Å². The Morgan fingerprint density at radius 1 is 0.875 bits per heavy atom. The second kappa shape index (κ2) is 5.46. The molecule has 3 heteroatoms. The van der Waals surface area contributed by atoms with E-state index in [1.807, 2.05) is 6.07 Å². The van der Waals surface area contributed by atoms with Crippen molar-refractivity contribution in [1.82, 2.24) is 4.98 Å². The number of pyridine rings is 1. The lowest BCUT2D eigenvalue weighted by molar-refractivity contribution is 0.0788. The van der Waals surface area contributed by atoms with Crippen LogP contribution in [0.25, 0.3) is 0 Å². The van der Waals surface area contributed by atoms with Gasteiger partial charge in [0.05, 0.1) is 11.3 Å². The fourth-order valence-corrected chi connectivity index (χ4v) is 3.40. The summed E-state index contributed by atoms with van der Waals surface area (Å²) < 4.78 is 0. The zero-order valence-corrected chi connectivity index (χ0v) is 13.9. The van der Waals surface area contributed by atoms with Crippen LogP contribution in [0.5, 0.6) is 0 Å². The molecule has 3 aromatic rings. The Hall–Kier alpha value is -2.65. The van der Waals surface area contributed by atoms with Gasteiger partial charge in [0.1, 0.15) is 0 Å². The molecule has 0 bridgehead atoms. The van der Waals surface area contributed by atoms with Gasteiger partial charge in [-0.1, -0.05) is 36.4 Å². The highest BCUT2D eigenvalue weighted by molar-refractivity contribution is 5.84. The molecule has 0 radical (unpaired) electrons. The standard InChI is InChI=1S/C21H20N2O/c1-21(2,24)17-14-22-12-11-20(17)23-18-9-5-3-7-15(18)13-16-8-4-6-10-19(16)23/h3-12,14,24H,13H2,1-2H3. The highest BCUT2D eigenvalue weighted by Gasteiger charge is 2.29. The van der Waals surface area contributed by atoms with Crippen LogP contribution < -0.4 is 4.90 Å². The lowest BCUT2D eigenvalue weighted by Gasteiger charge is -2.36. The quantitative estimate of drug-likeness (QED) is 0.583. The molecule has 3 nitrogen and oxygen atoms in total. The molecule has 1 aromatic heterocycles. The van der Waals surface area contributed by atoms with Crippen LogP contribution in [0.15, 0.2) is 67.0 Å². The van der Waals surface area contributed by atoms with Crippen LogP contribution in [-0.2, 0) is 12.0 Å². The van der Waals surface area contributed by atoms with Gasteiger partial charge in [0.25, 0.3) is 0 Å². The smallest absolute Gasteiger partial charge is 0.0875 e. The number of aliphatic hydroxyl groups is 1. The fourth-order valence-electron chi connectivity index (χ4n) is 3.40. The fraction of sp³-hybridized carbons (Fsp3) is 0.190. The third-order valence-corrected chi connectivity index (χ3v) is 4.54. The summed E-state index contributed by atoms with van der Waals surface area (Å²) in [7, 11) is 0. The summed E-state index contributed by atoms with van der Waals surface area (Å²) in [5.41, 5.74) is 5.71. The summed E-state index contributed by atoms with van der Waals surface area (Å²) in [6.45, 7) is 3.60. The van der Waals surface area contributed by atoms with E-state index in [0.29, 0.717) is 0 Å². The molecule has 4 rings (SSSR count). The normalized spacial score (nSPS) is 13.4. The molecule has 0 aliphatic carbocycles. The summed E-state index contributed by atoms with van der Waals surface area (Å²) in [4.78, 5) is 6.47. The molecule has 0 saturated carbocycles. The summed E-state index contributed by atoms with van der Waals surface area (Å²) in [5, 5.41) is 10.6. The first-order valence-electron chi connectivity index (χ1n) is 8.18. The molecule has 2 aromatic carbocycles. The molecule has 0 amide bonds. The monoisotopic (exact) mass is 316 g/mol. The second-order valence-electron chi connectivity index (χ2n) is 6.72. The van der Waals surface area contributed by atoms with E-state index in [4.69, 9.17) is 0 Å². The lowest BCUT2D eigenvalue weighted by Crippen LogP contribution is -2.24. The Morgan fingerprint density at radius 2 is 1.46 bits per heavy atom. The van der Waals surface area contributed by atoms with Crippen molar-refractivity contribution in [3.05, 3.63) is 83.7 Å². The van der Waals surface area contributed by atoms with E-state index in [9.17, 15) is 5.11 Å². The molecule has 1 aliphatic rings. The van der Waals surface area contributed by atoms with Crippen LogP contribution in [0.3, 0.4) is 0 Å². The zero-order valence-electron chi connectivity index (χ0n) is 13.9.